The molecule has 0 aliphatic carbocycles. The van der Waals surface area contributed by atoms with Gasteiger partial charge in [-0.2, -0.15) is 0 Å². The summed E-state index contributed by atoms with van der Waals surface area (Å²) in [6.45, 7) is 12.4. The van der Waals surface area contributed by atoms with Crippen LogP contribution in [0.15, 0.2) is 0 Å². The first-order chi connectivity index (χ1) is 9.30. The van der Waals surface area contributed by atoms with E-state index >= 15 is 0 Å². The van der Waals surface area contributed by atoms with Crippen molar-refractivity contribution in [3.05, 3.63) is 10.6 Å². The van der Waals surface area contributed by atoms with Crippen molar-refractivity contribution in [1.29, 1.82) is 0 Å². The van der Waals surface area contributed by atoms with E-state index in [4.69, 9.17) is 0 Å². The van der Waals surface area contributed by atoms with Gasteiger partial charge in [0.2, 0.25) is 0 Å². The fraction of sp³-hybridized carbons (Fsp3) is 0.714. The summed E-state index contributed by atoms with van der Waals surface area (Å²) < 4.78 is 3.85. The highest BCUT2D eigenvalue weighted by Gasteiger charge is 2.45. The smallest absolute Gasteiger partial charge is 0.311 e. The first-order valence-corrected chi connectivity index (χ1v) is 7.47. The first-order valence-electron chi connectivity index (χ1n) is 6.69. The van der Waals surface area contributed by atoms with Crippen LogP contribution >= 0.6 is 11.5 Å². The predicted octanol–water partition coefficient (Wildman–Crippen LogP) is 2.45. The van der Waals surface area contributed by atoms with Crippen molar-refractivity contribution in [1.82, 2.24) is 14.9 Å². The van der Waals surface area contributed by atoms with Crippen LogP contribution in [0.4, 0.5) is 0 Å². The lowest BCUT2D eigenvalue weighted by Crippen LogP contribution is -2.57. The predicted molar refractivity (Wildman–Crippen MR) is 81.6 cm³/mol. The zero-order valence-corrected chi connectivity index (χ0v) is 14.4. The zero-order chi connectivity index (χ0) is 16.6. The highest BCUT2D eigenvalue weighted by Crippen LogP contribution is 2.32. The Labute approximate surface area is 129 Å². The molecule has 0 saturated carbocycles. The topological polar surface area (TPSA) is 92.2 Å². The number of carboxylic acid groups (broad SMARTS) is 1. The van der Waals surface area contributed by atoms with Crippen LogP contribution in [0, 0.1) is 5.41 Å². The van der Waals surface area contributed by atoms with Gasteiger partial charge >= 0.3 is 5.97 Å². The lowest BCUT2D eigenvalue weighted by Gasteiger charge is -2.38. The third-order valence-corrected chi connectivity index (χ3v) is 4.65. The number of rotatable bonds is 4. The van der Waals surface area contributed by atoms with Crippen molar-refractivity contribution < 1.29 is 14.7 Å². The Kier molecular flexibility index (Phi) is 4.48. The molecule has 6 nitrogen and oxygen atoms in total. The lowest BCUT2D eigenvalue weighted by atomic mass is 9.74. The minimum absolute atomic E-state index is 0.299. The van der Waals surface area contributed by atoms with Gasteiger partial charge in [0.1, 0.15) is 4.88 Å². The fourth-order valence-corrected chi connectivity index (χ4v) is 2.37. The molecule has 0 unspecified atom stereocenters. The molecule has 0 aliphatic rings. The van der Waals surface area contributed by atoms with Gasteiger partial charge in [0.25, 0.3) is 5.91 Å². The Hall–Kier alpha value is -1.50. The molecule has 1 rings (SSSR count). The number of carbonyl (C=O) groups excluding carboxylic acids is 1. The van der Waals surface area contributed by atoms with Crippen LogP contribution in [-0.2, 0) is 10.2 Å². The molecule has 0 spiro atoms. The van der Waals surface area contributed by atoms with Gasteiger partial charge in [-0.3, -0.25) is 9.59 Å². The molecule has 2 N–H and O–H groups in total. The summed E-state index contributed by atoms with van der Waals surface area (Å²) in [5.41, 5.74) is -1.71. The van der Waals surface area contributed by atoms with E-state index in [1.165, 1.54) is 0 Å². The summed E-state index contributed by atoms with van der Waals surface area (Å²) in [6, 6.07) is 0. The quantitative estimate of drug-likeness (QED) is 0.890. The van der Waals surface area contributed by atoms with Gasteiger partial charge in [0, 0.05) is 5.41 Å². The maximum atomic E-state index is 12.5. The molecule has 0 saturated heterocycles. The van der Waals surface area contributed by atoms with Gasteiger partial charge in [-0.05, 0) is 39.2 Å². The average Bonchev–Trinajstić information content (AvgIpc) is 2.76. The zero-order valence-electron chi connectivity index (χ0n) is 13.6. The third-order valence-electron chi connectivity index (χ3n) is 3.93. The lowest BCUT2D eigenvalue weighted by molar-refractivity contribution is -0.150. The molecule has 21 heavy (non-hydrogen) atoms. The van der Waals surface area contributed by atoms with E-state index in [-0.39, 0.29) is 11.3 Å². The number of hydrogen-bond acceptors (Lipinski definition) is 5. The van der Waals surface area contributed by atoms with Crippen molar-refractivity contribution in [2.24, 2.45) is 5.41 Å². The van der Waals surface area contributed by atoms with Crippen LogP contribution in [0.2, 0.25) is 0 Å². The Balaban J connectivity index is 3.08. The van der Waals surface area contributed by atoms with Crippen molar-refractivity contribution in [3.63, 3.8) is 0 Å². The van der Waals surface area contributed by atoms with Crippen molar-refractivity contribution >= 4 is 23.4 Å². The normalized spacial score (nSPS) is 13.1. The van der Waals surface area contributed by atoms with Crippen molar-refractivity contribution in [2.75, 3.05) is 0 Å². The Morgan fingerprint density at radius 1 is 1.10 bits per heavy atom. The van der Waals surface area contributed by atoms with E-state index in [1.54, 1.807) is 27.7 Å². The van der Waals surface area contributed by atoms with Crippen LogP contribution in [0.25, 0.3) is 0 Å². The fourth-order valence-electron chi connectivity index (χ4n) is 1.59. The number of carbonyl (C=O) groups is 2. The second-order valence-electron chi connectivity index (χ2n) is 7.21. The van der Waals surface area contributed by atoms with Gasteiger partial charge in [-0.1, -0.05) is 25.3 Å². The monoisotopic (exact) mass is 313 g/mol. The maximum absolute atomic E-state index is 12.5. The average molecular weight is 313 g/mol. The molecule has 0 aromatic carbocycles. The van der Waals surface area contributed by atoms with Crippen LogP contribution < -0.4 is 5.32 Å². The molecule has 0 atom stereocenters. The SMILES string of the molecule is CC(C)(C)c1nnsc1C(=O)NC(C)(C)C(C)(C)C(=O)O. The van der Waals surface area contributed by atoms with E-state index in [0.29, 0.717) is 10.6 Å². The summed E-state index contributed by atoms with van der Waals surface area (Å²) in [5.74, 6) is -1.31. The third kappa shape index (κ3) is 3.40. The number of aromatic nitrogens is 2. The molecule has 1 aromatic heterocycles. The molecule has 0 radical (unpaired) electrons. The molecular formula is C14H23N3O3S. The van der Waals surface area contributed by atoms with E-state index in [2.05, 4.69) is 14.9 Å². The molecule has 0 aliphatic heterocycles. The molecule has 1 aromatic rings. The number of nitrogens with one attached hydrogen (secondary N) is 1. The van der Waals surface area contributed by atoms with Gasteiger partial charge in [-0.15, -0.1) is 5.10 Å². The molecule has 0 fully saturated rings. The number of hydrogen-bond donors (Lipinski definition) is 2. The first kappa shape index (κ1) is 17.6. The van der Waals surface area contributed by atoms with Crippen LogP contribution in [-0.4, -0.2) is 32.1 Å². The second kappa shape index (κ2) is 5.36. The van der Waals surface area contributed by atoms with E-state index in [1.807, 2.05) is 20.8 Å². The summed E-state index contributed by atoms with van der Waals surface area (Å²) in [5, 5.41) is 16.2. The summed E-state index contributed by atoms with van der Waals surface area (Å²) in [4.78, 5) is 24.3. The number of amides is 1. The molecular weight excluding hydrogens is 290 g/mol. The van der Waals surface area contributed by atoms with Gasteiger partial charge in [-0.25, -0.2) is 0 Å². The van der Waals surface area contributed by atoms with E-state index < -0.39 is 16.9 Å². The second-order valence-corrected chi connectivity index (χ2v) is 7.96. The summed E-state index contributed by atoms with van der Waals surface area (Å²) in [6.07, 6.45) is 0. The van der Waals surface area contributed by atoms with Gasteiger partial charge < -0.3 is 10.4 Å². The minimum atomic E-state index is -1.11. The van der Waals surface area contributed by atoms with Crippen molar-refractivity contribution in [2.45, 2.75) is 59.4 Å². The molecule has 1 heterocycles. The standard InChI is InChI=1S/C14H23N3O3S/c1-12(2,3)9-8(21-17-16-9)10(18)15-14(6,7)13(4,5)11(19)20/h1-7H3,(H,15,18)(H,19,20). The number of nitrogens with zero attached hydrogens (tertiary/aromatic N) is 2. The Bertz CT molecular complexity index is 556. The van der Waals surface area contributed by atoms with Crippen LogP contribution in [0.5, 0.6) is 0 Å². The Morgan fingerprint density at radius 2 is 1.62 bits per heavy atom. The largest absolute Gasteiger partial charge is 0.481 e. The molecule has 118 valence electrons. The van der Waals surface area contributed by atoms with E-state index in [0.717, 1.165) is 11.5 Å². The van der Waals surface area contributed by atoms with Crippen LogP contribution in [0.1, 0.15) is 63.8 Å². The molecule has 0 bridgehead atoms. The summed E-state index contributed by atoms with van der Waals surface area (Å²) in [7, 11) is 0. The van der Waals surface area contributed by atoms with Gasteiger partial charge in [0.05, 0.1) is 16.6 Å². The van der Waals surface area contributed by atoms with Gasteiger partial charge in [0.15, 0.2) is 0 Å². The van der Waals surface area contributed by atoms with Crippen LogP contribution in [0.3, 0.4) is 0 Å². The molecule has 1 amide bonds. The molecule has 7 heteroatoms. The van der Waals surface area contributed by atoms with Crippen molar-refractivity contribution in [3.8, 4) is 0 Å². The Morgan fingerprint density at radius 3 is 2.05 bits per heavy atom. The van der Waals surface area contributed by atoms with E-state index in [9.17, 15) is 14.7 Å². The number of carboxylic acids is 1. The highest BCUT2D eigenvalue weighted by molar-refractivity contribution is 7.08. The maximum Gasteiger partial charge on any atom is 0.311 e. The minimum Gasteiger partial charge on any atom is -0.481 e. The summed E-state index contributed by atoms with van der Waals surface area (Å²) >= 11 is 1.02. The highest BCUT2D eigenvalue weighted by atomic mass is 32.1. The number of aliphatic carboxylic acids is 1.